The summed E-state index contributed by atoms with van der Waals surface area (Å²) in [6.07, 6.45) is 2.14. The maximum Gasteiger partial charge on any atom is 0.0590 e. The lowest BCUT2D eigenvalue weighted by atomic mass is 9.86. The van der Waals surface area contributed by atoms with Crippen molar-refractivity contribution in [3.63, 3.8) is 0 Å². The summed E-state index contributed by atoms with van der Waals surface area (Å²) in [5.41, 5.74) is 0. The SMILES string of the molecule is CC1[C@@H](O)CCC[C@@H]1O. The van der Waals surface area contributed by atoms with Crippen LogP contribution in [0.25, 0.3) is 0 Å². The Morgan fingerprint density at radius 3 is 1.89 bits per heavy atom. The van der Waals surface area contributed by atoms with Gasteiger partial charge in [0.2, 0.25) is 0 Å². The average molecular weight is 130 g/mol. The van der Waals surface area contributed by atoms with Crippen molar-refractivity contribution in [2.45, 2.75) is 38.4 Å². The van der Waals surface area contributed by atoms with Crippen LogP contribution in [0.3, 0.4) is 0 Å². The predicted molar refractivity (Wildman–Crippen MR) is 35.0 cm³/mol. The summed E-state index contributed by atoms with van der Waals surface area (Å²) >= 11 is 0. The molecule has 1 aliphatic carbocycles. The first-order valence-corrected chi connectivity index (χ1v) is 3.58. The second-order valence-corrected chi connectivity index (χ2v) is 2.92. The fraction of sp³-hybridized carbons (Fsp3) is 1.00. The van der Waals surface area contributed by atoms with E-state index in [2.05, 4.69) is 0 Å². The smallest absolute Gasteiger partial charge is 0.0590 e. The van der Waals surface area contributed by atoms with Crippen LogP contribution < -0.4 is 0 Å². The van der Waals surface area contributed by atoms with Crippen molar-refractivity contribution in [3.05, 3.63) is 0 Å². The maximum atomic E-state index is 9.19. The number of rotatable bonds is 0. The van der Waals surface area contributed by atoms with E-state index in [-0.39, 0.29) is 18.1 Å². The Morgan fingerprint density at radius 1 is 1.11 bits per heavy atom. The summed E-state index contributed by atoms with van der Waals surface area (Å²) in [4.78, 5) is 0. The highest BCUT2D eigenvalue weighted by Crippen LogP contribution is 2.23. The van der Waals surface area contributed by atoms with Gasteiger partial charge in [0.05, 0.1) is 12.2 Å². The van der Waals surface area contributed by atoms with Crippen LogP contribution in [0.2, 0.25) is 0 Å². The van der Waals surface area contributed by atoms with Gasteiger partial charge in [-0.3, -0.25) is 0 Å². The van der Waals surface area contributed by atoms with Crippen molar-refractivity contribution in [2.75, 3.05) is 0 Å². The number of aliphatic hydroxyl groups is 2. The molecule has 0 heterocycles. The highest BCUT2D eigenvalue weighted by Gasteiger charge is 2.26. The van der Waals surface area contributed by atoms with Gasteiger partial charge >= 0.3 is 0 Å². The van der Waals surface area contributed by atoms with E-state index in [4.69, 9.17) is 0 Å². The van der Waals surface area contributed by atoms with Crippen molar-refractivity contribution in [3.8, 4) is 0 Å². The van der Waals surface area contributed by atoms with Gasteiger partial charge in [-0.15, -0.1) is 0 Å². The zero-order valence-corrected chi connectivity index (χ0v) is 5.75. The van der Waals surface area contributed by atoms with E-state index < -0.39 is 0 Å². The van der Waals surface area contributed by atoms with Crippen molar-refractivity contribution < 1.29 is 10.2 Å². The van der Waals surface area contributed by atoms with Crippen LogP contribution in [0.5, 0.6) is 0 Å². The minimum Gasteiger partial charge on any atom is -0.393 e. The molecule has 54 valence electrons. The highest BCUT2D eigenvalue weighted by molar-refractivity contribution is 4.77. The summed E-state index contributed by atoms with van der Waals surface area (Å²) in [5, 5.41) is 18.4. The molecule has 0 bridgehead atoms. The molecule has 1 fully saturated rings. The summed E-state index contributed by atoms with van der Waals surface area (Å²) in [6, 6.07) is 0. The first-order valence-electron chi connectivity index (χ1n) is 3.58. The van der Waals surface area contributed by atoms with E-state index in [1.807, 2.05) is 6.92 Å². The standard InChI is InChI=1S/C7H14O2/c1-5-6(8)3-2-4-7(5)9/h5-9H,2-4H2,1H3/t6-,7-/m0/s1. The first kappa shape index (κ1) is 7.03. The van der Waals surface area contributed by atoms with Gasteiger partial charge in [0, 0.05) is 5.92 Å². The van der Waals surface area contributed by atoms with Gasteiger partial charge in [0.1, 0.15) is 0 Å². The molecule has 2 heteroatoms. The average Bonchev–Trinajstić information content (AvgIpc) is 1.83. The van der Waals surface area contributed by atoms with Crippen LogP contribution in [-0.4, -0.2) is 22.4 Å². The van der Waals surface area contributed by atoms with Gasteiger partial charge in [0.15, 0.2) is 0 Å². The van der Waals surface area contributed by atoms with E-state index >= 15 is 0 Å². The Bertz CT molecular complexity index is 82.9. The Morgan fingerprint density at radius 2 is 1.56 bits per heavy atom. The Balaban J connectivity index is 2.41. The van der Waals surface area contributed by atoms with E-state index in [9.17, 15) is 10.2 Å². The number of hydrogen-bond donors (Lipinski definition) is 2. The first-order chi connectivity index (χ1) is 4.22. The summed E-state index contributed by atoms with van der Waals surface area (Å²) in [7, 11) is 0. The van der Waals surface area contributed by atoms with Gasteiger partial charge in [-0.2, -0.15) is 0 Å². The fourth-order valence-corrected chi connectivity index (χ4v) is 1.32. The molecule has 9 heavy (non-hydrogen) atoms. The number of aliphatic hydroxyl groups excluding tert-OH is 2. The molecule has 1 aliphatic rings. The Hall–Kier alpha value is -0.0800. The molecule has 2 N–H and O–H groups in total. The molecule has 0 unspecified atom stereocenters. The Kier molecular flexibility index (Phi) is 2.09. The zero-order valence-electron chi connectivity index (χ0n) is 5.75. The zero-order chi connectivity index (χ0) is 6.85. The molecule has 0 saturated heterocycles. The third-order valence-corrected chi connectivity index (χ3v) is 2.21. The van der Waals surface area contributed by atoms with Gasteiger partial charge in [0.25, 0.3) is 0 Å². The van der Waals surface area contributed by atoms with Crippen molar-refractivity contribution in [1.29, 1.82) is 0 Å². The molecule has 0 aromatic heterocycles. The van der Waals surface area contributed by atoms with Crippen LogP contribution in [0, 0.1) is 5.92 Å². The van der Waals surface area contributed by atoms with Crippen molar-refractivity contribution in [1.82, 2.24) is 0 Å². The third kappa shape index (κ3) is 1.43. The van der Waals surface area contributed by atoms with Gasteiger partial charge in [-0.05, 0) is 19.3 Å². The highest BCUT2D eigenvalue weighted by atomic mass is 16.3. The van der Waals surface area contributed by atoms with E-state index in [0.29, 0.717) is 0 Å². The molecule has 1 saturated carbocycles. The summed E-state index contributed by atoms with van der Waals surface area (Å²) < 4.78 is 0. The van der Waals surface area contributed by atoms with Crippen LogP contribution in [0.15, 0.2) is 0 Å². The second-order valence-electron chi connectivity index (χ2n) is 2.92. The molecular weight excluding hydrogens is 116 g/mol. The van der Waals surface area contributed by atoms with Crippen LogP contribution in [0.4, 0.5) is 0 Å². The van der Waals surface area contributed by atoms with Crippen molar-refractivity contribution >= 4 is 0 Å². The van der Waals surface area contributed by atoms with Crippen LogP contribution in [0.1, 0.15) is 26.2 Å². The van der Waals surface area contributed by atoms with Gasteiger partial charge < -0.3 is 10.2 Å². The van der Waals surface area contributed by atoms with Crippen LogP contribution in [-0.2, 0) is 0 Å². The monoisotopic (exact) mass is 130 g/mol. The predicted octanol–water partition coefficient (Wildman–Crippen LogP) is 0.528. The van der Waals surface area contributed by atoms with Gasteiger partial charge in [-0.1, -0.05) is 6.92 Å². The molecule has 1 rings (SSSR count). The molecular formula is C7H14O2. The quantitative estimate of drug-likeness (QED) is 0.502. The van der Waals surface area contributed by atoms with E-state index in [1.54, 1.807) is 0 Å². The third-order valence-electron chi connectivity index (χ3n) is 2.21. The molecule has 2 atom stereocenters. The molecule has 0 aliphatic heterocycles. The largest absolute Gasteiger partial charge is 0.393 e. The lowest BCUT2D eigenvalue weighted by Gasteiger charge is -2.28. The fourth-order valence-electron chi connectivity index (χ4n) is 1.32. The molecule has 0 aromatic rings. The molecule has 2 nitrogen and oxygen atoms in total. The van der Waals surface area contributed by atoms with E-state index in [1.165, 1.54) is 0 Å². The minimum atomic E-state index is -0.270. The second kappa shape index (κ2) is 2.67. The molecule has 0 amide bonds. The Labute approximate surface area is 55.5 Å². The molecule has 0 radical (unpaired) electrons. The van der Waals surface area contributed by atoms with Gasteiger partial charge in [-0.25, -0.2) is 0 Å². The minimum absolute atomic E-state index is 0.0822. The van der Waals surface area contributed by atoms with Crippen molar-refractivity contribution in [2.24, 2.45) is 5.92 Å². The molecule has 0 aromatic carbocycles. The molecule has 0 spiro atoms. The summed E-state index contributed by atoms with van der Waals surface area (Å²) in [6.45, 7) is 1.90. The normalized spacial score (nSPS) is 39.0. The number of hydrogen-bond acceptors (Lipinski definition) is 2. The lowest BCUT2D eigenvalue weighted by molar-refractivity contribution is -0.0142. The van der Waals surface area contributed by atoms with Crippen LogP contribution >= 0.6 is 0 Å². The van der Waals surface area contributed by atoms with E-state index in [0.717, 1.165) is 19.3 Å². The topological polar surface area (TPSA) is 40.5 Å². The maximum absolute atomic E-state index is 9.19. The lowest BCUT2D eigenvalue weighted by Crippen LogP contribution is -2.33. The summed E-state index contributed by atoms with van der Waals surface area (Å²) in [5.74, 6) is 0.0822.